The van der Waals surface area contributed by atoms with Crippen LogP contribution < -0.4 is 5.32 Å². The van der Waals surface area contributed by atoms with Crippen LogP contribution in [-0.2, 0) is 35.1 Å². The maximum Gasteiger partial charge on any atom is 0.354 e. The number of aromatic nitrogens is 1. The van der Waals surface area contributed by atoms with Crippen LogP contribution >= 0.6 is 0 Å². The van der Waals surface area contributed by atoms with Gasteiger partial charge in [0.25, 0.3) is 0 Å². The van der Waals surface area contributed by atoms with E-state index in [2.05, 4.69) is 10.1 Å². The number of carbonyl (C=O) groups is 3. The van der Waals surface area contributed by atoms with Crippen LogP contribution in [0.25, 0.3) is 21.8 Å². The first kappa shape index (κ1) is 22.9. The van der Waals surface area contributed by atoms with Crippen LogP contribution in [0.4, 0.5) is 5.69 Å². The predicted molar refractivity (Wildman–Crippen MR) is 121 cm³/mol. The molecule has 0 saturated heterocycles. The lowest BCUT2D eigenvalue weighted by Gasteiger charge is -2.20. The zero-order valence-corrected chi connectivity index (χ0v) is 18.7. The van der Waals surface area contributed by atoms with Gasteiger partial charge in [-0.2, -0.15) is 0 Å². The summed E-state index contributed by atoms with van der Waals surface area (Å²) in [6.07, 6.45) is 1.03. The van der Waals surface area contributed by atoms with E-state index in [1.54, 1.807) is 6.07 Å². The lowest BCUT2D eigenvalue weighted by atomic mass is 10.1. The molecule has 0 amide bonds. The summed E-state index contributed by atoms with van der Waals surface area (Å²) in [4.78, 5) is 36.2. The predicted octanol–water partition coefficient (Wildman–Crippen LogP) is 3.78. The lowest BCUT2D eigenvalue weighted by Crippen LogP contribution is -2.26. The van der Waals surface area contributed by atoms with Crippen molar-refractivity contribution in [2.75, 3.05) is 19.5 Å². The number of benzene rings is 2. The van der Waals surface area contributed by atoms with Crippen LogP contribution in [0.5, 0.6) is 0 Å². The molecule has 0 unspecified atom stereocenters. The van der Waals surface area contributed by atoms with Crippen LogP contribution in [0.3, 0.4) is 0 Å². The molecule has 0 aliphatic rings. The molecule has 0 fully saturated rings. The molecule has 3 rings (SSSR count). The van der Waals surface area contributed by atoms with Gasteiger partial charge < -0.3 is 24.1 Å². The number of nitrogens with one attached hydrogen (secondary N) is 1. The number of methoxy groups -OCH3 is 2. The molecule has 0 aliphatic carbocycles. The zero-order valence-electron chi connectivity index (χ0n) is 18.7. The topological polar surface area (TPSA) is 95.9 Å². The van der Waals surface area contributed by atoms with Gasteiger partial charge in [0, 0.05) is 27.5 Å². The molecule has 1 N–H and O–H groups in total. The molecule has 0 radical (unpaired) electrons. The van der Waals surface area contributed by atoms with Gasteiger partial charge in [0.2, 0.25) is 0 Å². The minimum Gasteiger partial charge on any atom is -0.466 e. The Kier molecular flexibility index (Phi) is 6.53. The number of ether oxygens (including phenoxy) is 3. The van der Waals surface area contributed by atoms with Gasteiger partial charge in [-0.25, -0.2) is 9.59 Å². The highest BCUT2D eigenvalue weighted by molar-refractivity contribution is 6.10. The van der Waals surface area contributed by atoms with Crippen molar-refractivity contribution >= 4 is 45.4 Å². The Balaban J connectivity index is 2.04. The summed E-state index contributed by atoms with van der Waals surface area (Å²) in [6, 6.07) is 13.1. The smallest absolute Gasteiger partial charge is 0.354 e. The molecule has 3 aromatic rings. The average molecular weight is 438 g/mol. The third-order valence-electron chi connectivity index (χ3n) is 4.63. The third kappa shape index (κ3) is 5.08. The number of para-hydroxylation sites is 1. The summed E-state index contributed by atoms with van der Waals surface area (Å²) >= 11 is 0. The number of esters is 3. The number of fused-ring (bicyclic) bond motifs is 3. The quantitative estimate of drug-likeness (QED) is 0.355. The Bertz CT molecular complexity index is 1220. The van der Waals surface area contributed by atoms with Crippen molar-refractivity contribution in [1.82, 2.24) is 4.57 Å². The van der Waals surface area contributed by atoms with Crippen molar-refractivity contribution in [3.05, 3.63) is 54.2 Å². The van der Waals surface area contributed by atoms with E-state index >= 15 is 0 Å². The normalized spacial score (nSPS) is 12.0. The second-order valence-corrected chi connectivity index (χ2v) is 8.12. The van der Waals surface area contributed by atoms with Crippen molar-refractivity contribution in [3.63, 3.8) is 0 Å². The van der Waals surface area contributed by atoms with E-state index in [9.17, 15) is 14.4 Å². The lowest BCUT2D eigenvalue weighted by molar-refractivity contribution is -0.155. The summed E-state index contributed by atoms with van der Waals surface area (Å²) in [5.74, 6) is -1.73. The van der Waals surface area contributed by atoms with Crippen LogP contribution in [0.15, 0.2) is 54.2 Å². The highest BCUT2D eigenvalue weighted by atomic mass is 16.6. The number of carbonyl (C=O) groups excluding carboxylic acids is 3. The maximum absolute atomic E-state index is 12.5. The van der Waals surface area contributed by atoms with E-state index in [1.807, 2.05) is 61.7 Å². The second kappa shape index (κ2) is 9.13. The average Bonchev–Trinajstić information content (AvgIpc) is 3.04. The second-order valence-electron chi connectivity index (χ2n) is 8.12. The summed E-state index contributed by atoms with van der Waals surface area (Å²) in [6.45, 7) is 5.55. The first-order valence-corrected chi connectivity index (χ1v) is 10.0. The third-order valence-corrected chi connectivity index (χ3v) is 4.63. The monoisotopic (exact) mass is 438 g/mol. The van der Waals surface area contributed by atoms with Gasteiger partial charge in [0.15, 0.2) is 0 Å². The van der Waals surface area contributed by atoms with Gasteiger partial charge in [-0.1, -0.05) is 18.2 Å². The summed E-state index contributed by atoms with van der Waals surface area (Å²) in [7, 11) is 2.45. The first-order chi connectivity index (χ1) is 15.1. The molecular weight excluding hydrogens is 412 g/mol. The molecule has 0 bridgehead atoms. The Labute approximate surface area is 185 Å². The summed E-state index contributed by atoms with van der Waals surface area (Å²) < 4.78 is 16.7. The maximum atomic E-state index is 12.5. The SMILES string of the molecule is COC(=O)/C=C(/Nc1ccc2c(c1)c1ccccc1n2CC(=O)OC(C)(C)C)C(=O)OC. The first-order valence-electron chi connectivity index (χ1n) is 10.0. The standard InChI is InChI=1S/C24H26N2O6/c1-24(2,3)32-22(28)14-26-19-9-7-6-8-16(19)17-12-15(10-11-20(17)26)25-18(23(29)31-5)13-21(27)30-4/h6-13,25H,14H2,1-5H3/b18-13+. The van der Waals surface area contributed by atoms with Crippen LogP contribution in [0.2, 0.25) is 0 Å². The molecule has 32 heavy (non-hydrogen) atoms. The van der Waals surface area contributed by atoms with Gasteiger partial charge in [-0.05, 0) is 45.0 Å². The molecule has 168 valence electrons. The van der Waals surface area contributed by atoms with Crippen LogP contribution in [-0.4, -0.2) is 42.3 Å². The van der Waals surface area contributed by atoms with Crippen LogP contribution in [0.1, 0.15) is 20.8 Å². The Hall–Kier alpha value is -3.81. The Morgan fingerprint density at radius 1 is 0.969 bits per heavy atom. The highest BCUT2D eigenvalue weighted by Crippen LogP contribution is 2.31. The van der Waals surface area contributed by atoms with Gasteiger partial charge in [-0.15, -0.1) is 0 Å². The molecule has 0 aliphatic heterocycles. The van der Waals surface area contributed by atoms with Gasteiger partial charge >= 0.3 is 17.9 Å². The molecule has 8 nitrogen and oxygen atoms in total. The van der Waals surface area contributed by atoms with E-state index in [-0.39, 0.29) is 18.2 Å². The van der Waals surface area contributed by atoms with Crippen molar-refractivity contribution < 1.29 is 28.6 Å². The fourth-order valence-corrected chi connectivity index (χ4v) is 3.39. The molecule has 1 aromatic heterocycles. The van der Waals surface area contributed by atoms with Gasteiger partial charge in [-0.3, -0.25) is 4.79 Å². The molecule has 1 heterocycles. The van der Waals surface area contributed by atoms with E-state index in [1.165, 1.54) is 14.2 Å². The molecule has 0 spiro atoms. The molecule has 8 heteroatoms. The van der Waals surface area contributed by atoms with Crippen molar-refractivity contribution in [2.45, 2.75) is 32.9 Å². The Morgan fingerprint density at radius 3 is 2.31 bits per heavy atom. The number of nitrogens with zero attached hydrogens (tertiary/aromatic N) is 1. The summed E-state index contributed by atoms with van der Waals surface area (Å²) in [5, 5.41) is 4.73. The molecular formula is C24H26N2O6. The van der Waals surface area contributed by atoms with E-state index < -0.39 is 17.5 Å². The molecule has 0 saturated carbocycles. The van der Waals surface area contributed by atoms with Crippen LogP contribution in [0, 0.1) is 0 Å². The molecule has 2 aromatic carbocycles. The minimum absolute atomic E-state index is 0.0591. The minimum atomic E-state index is -0.706. The van der Waals surface area contributed by atoms with Gasteiger partial charge in [0.1, 0.15) is 17.8 Å². The number of anilines is 1. The number of rotatable bonds is 6. The highest BCUT2D eigenvalue weighted by Gasteiger charge is 2.20. The number of hydrogen-bond acceptors (Lipinski definition) is 7. The Morgan fingerprint density at radius 2 is 1.66 bits per heavy atom. The van der Waals surface area contributed by atoms with E-state index in [0.717, 1.165) is 27.9 Å². The largest absolute Gasteiger partial charge is 0.466 e. The fourth-order valence-electron chi connectivity index (χ4n) is 3.39. The van der Waals surface area contributed by atoms with Gasteiger partial charge in [0.05, 0.1) is 20.3 Å². The van der Waals surface area contributed by atoms with Crippen molar-refractivity contribution in [1.29, 1.82) is 0 Å². The number of hydrogen-bond donors (Lipinski definition) is 1. The van der Waals surface area contributed by atoms with E-state index in [0.29, 0.717) is 5.69 Å². The van der Waals surface area contributed by atoms with E-state index in [4.69, 9.17) is 9.47 Å². The summed E-state index contributed by atoms with van der Waals surface area (Å²) in [5.41, 5.74) is 1.64. The van der Waals surface area contributed by atoms with Crippen molar-refractivity contribution in [2.24, 2.45) is 0 Å². The zero-order chi connectivity index (χ0) is 23.5. The fraction of sp³-hybridized carbons (Fsp3) is 0.292. The van der Waals surface area contributed by atoms with Crippen molar-refractivity contribution in [3.8, 4) is 0 Å². The molecule has 0 atom stereocenters.